The maximum atomic E-state index is 12.9. The largest absolute Gasteiger partial charge is 0.495 e. The Morgan fingerprint density at radius 2 is 1.79 bits per heavy atom. The van der Waals surface area contributed by atoms with Crippen LogP contribution in [0.2, 0.25) is 0 Å². The van der Waals surface area contributed by atoms with Gasteiger partial charge in [0.15, 0.2) is 11.5 Å². The molecule has 3 aliphatic rings. The Balaban J connectivity index is 1.24. The quantitative estimate of drug-likeness (QED) is 0.705. The van der Waals surface area contributed by atoms with Crippen LogP contribution in [0.25, 0.3) is 0 Å². The Morgan fingerprint density at radius 1 is 1.06 bits per heavy atom. The van der Waals surface area contributed by atoms with Crippen molar-refractivity contribution in [3.63, 3.8) is 0 Å². The minimum atomic E-state index is -0.802. The second kappa shape index (κ2) is 9.50. The van der Waals surface area contributed by atoms with Crippen molar-refractivity contribution in [2.24, 2.45) is 4.99 Å². The molecule has 5 rings (SSSR count). The molecule has 10 nitrogen and oxygen atoms in total. The van der Waals surface area contributed by atoms with Crippen LogP contribution in [0.4, 0.5) is 11.4 Å². The van der Waals surface area contributed by atoms with Crippen molar-refractivity contribution in [3.8, 4) is 17.2 Å². The molecule has 10 heteroatoms. The first-order chi connectivity index (χ1) is 16.6. The van der Waals surface area contributed by atoms with Crippen molar-refractivity contribution in [2.45, 2.75) is 12.5 Å². The van der Waals surface area contributed by atoms with Gasteiger partial charge in [-0.1, -0.05) is 12.1 Å². The molecule has 0 unspecified atom stereocenters. The van der Waals surface area contributed by atoms with E-state index in [4.69, 9.17) is 14.2 Å². The van der Waals surface area contributed by atoms with Gasteiger partial charge >= 0.3 is 0 Å². The van der Waals surface area contributed by atoms with Crippen molar-refractivity contribution < 1.29 is 23.8 Å². The first-order valence-corrected chi connectivity index (χ1v) is 11.3. The Labute approximate surface area is 197 Å². The second-order valence-corrected chi connectivity index (χ2v) is 8.21. The average molecular weight is 466 g/mol. The number of ether oxygens (including phenoxy) is 3. The number of hydrogen-bond acceptors (Lipinski definition) is 8. The molecule has 0 saturated carbocycles. The number of anilines is 2. The predicted molar refractivity (Wildman–Crippen MR) is 127 cm³/mol. The van der Waals surface area contributed by atoms with Crippen molar-refractivity contribution in [3.05, 3.63) is 42.5 Å². The van der Waals surface area contributed by atoms with E-state index in [1.54, 1.807) is 25.3 Å². The zero-order valence-corrected chi connectivity index (χ0v) is 19.0. The third kappa shape index (κ3) is 4.57. The molecule has 2 N–H and O–H groups in total. The van der Waals surface area contributed by atoms with E-state index in [1.165, 1.54) is 0 Å². The fourth-order valence-corrected chi connectivity index (χ4v) is 4.29. The van der Waals surface area contributed by atoms with Crippen molar-refractivity contribution in [2.75, 3.05) is 56.7 Å². The molecule has 1 fully saturated rings. The van der Waals surface area contributed by atoms with Gasteiger partial charge in [-0.15, -0.1) is 0 Å². The highest BCUT2D eigenvalue weighted by molar-refractivity contribution is 6.06. The molecule has 0 spiro atoms. The van der Waals surface area contributed by atoms with Crippen molar-refractivity contribution in [1.29, 1.82) is 0 Å². The maximum absolute atomic E-state index is 12.9. The Bertz CT molecular complexity index is 1110. The number of nitrogens with zero attached hydrogens (tertiary/aromatic N) is 3. The van der Waals surface area contributed by atoms with E-state index in [0.29, 0.717) is 49.4 Å². The summed E-state index contributed by atoms with van der Waals surface area (Å²) in [6.45, 7) is 3.76. The van der Waals surface area contributed by atoms with Gasteiger partial charge in [0.05, 0.1) is 19.2 Å². The van der Waals surface area contributed by atoms with E-state index in [1.807, 2.05) is 29.2 Å². The van der Waals surface area contributed by atoms with Crippen LogP contribution in [0, 0.1) is 0 Å². The number of rotatable bonds is 4. The minimum Gasteiger partial charge on any atom is -0.495 e. The Hall–Kier alpha value is -3.95. The summed E-state index contributed by atoms with van der Waals surface area (Å²) in [6, 6.07) is 12.3. The van der Waals surface area contributed by atoms with Gasteiger partial charge in [0.1, 0.15) is 25.0 Å². The lowest BCUT2D eigenvalue weighted by atomic mass is 10.1. The molecule has 2 aromatic rings. The van der Waals surface area contributed by atoms with E-state index < -0.39 is 6.04 Å². The number of methoxy groups -OCH3 is 1. The van der Waals surface area contributed by atoms with Gasteiger partial charge in [0, 0.05) is 37.9 Å². The molecular formula is C24H27N5O5. The van der Waals surface area contributed by atoms with Gasteiger partial charge < -0.3 is 29.3 Å². The molecule has 0 aliphatic carbocycles. The zero-order valence-electron chi connectivity index (χ0n) is 19.0. The van der Waals surface area contributed by atoms with Gasteiger partial charge in [-0.25, -0.2) is 4.99 Å². The number of carbonyl (C=O) groups is 2. The third-order valence-electron chi connectivity index (χ3n) is 6.03. The van der Waals surface area contributed by atoms with Gasteiger partial charge in [-0.3, -0.25) is 14.9 Å². The number of piperazine rings is 1. The molecule has 34 heavy (non-hydrogen) atoms. The molecule has 0 radical (unpaired) electrons. The van der Waals surface area contributed by atoms with Gasteiger partial charge in [-0.05, 0) is 24.3 Å². The monoisotopic (exact) mass is 465 g/mol. The lowest BCUT2D eigenvalue weighted by Crippen LogP contribution is -2.56. The highest BCUT2D eigenvalue weighted by Crippen LogP contribution is 2.33. The summed E-state index contributed by atoms with van der Waals surface area (Å²) in [6.07, 6.45) is 0.00106. The zero-order chi connectivity index (χ0) is 23.5. The summed E-state index contributed by atoms with van der Waals surface area (Å²) in [4.78, 5) is 34.1. The van der Waals surface area contributed by atoms with Crippen LogP contribution >= 0.6 is 0 Å². The van der Waals surface area contributed by atoms with Crippen LogP contribution in [0.15, 0.2) is 47.5 Å². The molecule has 0 bridgehead atoms. The van der Waals surface area contributed by atoms with E-state index >= 15 is 0 Å². The van der Waals surface area contributed by atoms with Gasteiger partial charge in [0.25, 0.3) is 0 Å². The van der Waals surface area contributed by atoms with Crippen molar-refractivity contribution in [1.82, 2.24) is 10.2 Å². The van der Waals surface area contributed by atoms with E-state index in [2.05, 4.69) is 20.5 Å². The molecule has 3 heterocycles. The first kappa shape index (κ1) is 21.9. The van der Waals surface area contributed by atoms with Crippen LogP contribution in [0.1, 0.15) is 6.42 Å². The SMILES string of the molecule is COc1ccccc1N1CCN(C2=N[C@@H](C(=O)Nc3ccc4c(c3)OCCO4)CC(=O)N2)CC1. The molecular weight excluding hydrogens is 438 g/mol. The topological polar surface area (TPSA) is 105 Å². The highest BCUT2D eigenvalue weighted by Gasteiger charge is 2.31. The summed E-state index contributed by atoms with van der Waals surface area (Å²) in [5, 5.41) is 5.67. The lowest BCUT2D eigenvalue weighted by molar-refractivity contribution is -0.125. The average Bonchev–Trinajstić information content (AvgIpc) is 2.88. The number of benzene rings is 2. The van der Waals surface area contributed by atoms with Crippen LogP contribution in [0.3, 0.4) is 0 Å². The number of para-hydroxylation sites is 2. The van der Waals surface area contributed by atoms with E-state index in [0.717, 1.165) is 24.5 Å². The smallest absolute Gasteiger partial charge is 0.249 e. The molecule has 0 aromatic heterocycles. The summed E-state index contributed by atoms with van der Waals surface area (Å²) < 4.78 is 16.6. The maximum Gasteiger partial charge on any atom is 0.249 e. The fourth-order valence-electron chi connectivity index (χ4n) is 4.29. The number of hydrogen-bond donors (Lipinski definition) is 2. The molecule has 2 aromatic carbocycles. The van der Waals surface area contributed by atoms with Crippen LogP contribution in [0.5, 0.6) is 17.2 Å². The number of aliphatic imine (C=N–C) groups is 1. The van der Waals surface area contributed by atoms with E-state index in [-0.39, 0.29) is 18.2 Å². The minimum absolute atomic E-state index is 0.00106. The molecule has 1 saturated heterocycles. The number of fused-ring (bicyclic) bond motifs is 1. The number of amides is 2. The number of guanidine groups is 1. The van der Waals surface area contributed by atoms with Gasteiger partial charge in [-0.2, -0.15) is 0 Å². The number of carbonyl (C=O) groups excluding carboxylic acids is 2. The van der Waals surface area contributed by atoms with Crippen LogP contribution < -0.4 is 29.7 Å². The molecule has 178 valence electrons. The second-order valence-electron chi connectivity index (χ2n) is 8.21. The van der Waals surface area contributed by atoms with Crippen LogP contribution in [-0.2, 0) is 9.59 Å². The standard InChI is InChI=1S/C24H27N5O5/c1-32-19-5-3-2-4-18(19)28-8-10-29(11-9-28)24-26-17(15-22(30)27-24)23(31)25-16-6-7-20-21(14-16)34-13-12-33-20/h2-7,14,17H,8-13,15H2,1H3,(H,25,31)(H,26,27,30)/t17-/m1/s1. The summed E-state index contributed by atoms with van der Waals surface area (Å²) in [5.74, 6) is 1.95. The van der Waals surface area contributed by atoms with E-state index in [9.17, 15) is 9.59 Å². The lowest BCUT2D eigenvalue weighted by Gasteiger charge is -2.39. The molecule has 3 aliphatic heterocycles. The molecule has 1 atom stereocenters. The van der Waals surface area contributed by atoms with Crippen molar-refractivity contribution >= 4 is 29.1 Å². The summed E-state index contributed by atoms with van der Waals surface area (Å²) >= 11 is 0. The Kier molecular flexibility index (Phi) is 6.11. The number of nitrogens with one attached hydrogen (secondary N) is 2. The third-order valence-corrected chi connectivity index (χ3v) is 6.03. The first-order valence-electron chi connectivity index (χ1n) is 11.3. The highest BCUT2D eigenvalue weighted by atomic mass is 16.6. The fraction of sp³-hybridized carbons (Fsp3) is 0.375. The van der Waals surface area contributed by atoms with Gasteiger partial charge in [0.2, 0.25) is 17.8 Å². The normalized spacial score (nSPS) is 19.7. The molecule has 2 amide bonds. The Morgan fingerprint density at radius 3 is 2.59 bits per heavy atom. The predicted octanol–water partition coefficient (Wildman–Crippen LogP) is 1.47. The summed E-state index contributed by atoms with van der Waals surface area (Å²) in [7, 11) is 1.66. The summed E-state index contributed by atoms with van der Waals surface area (Å²) in [5.41, 5.74) is 1.61. The van der Waals surface area contributed by atoms with Crippen LogP contribution in [-0.4, -0.2) is 75.2 Å².